The molecule has 0 aliphatic carbocycles. The molecule has 0 fully saturated rings. The Morgan fingerprint density at radius 3 is 2.72 bits per heavy atom. The van der Waals surface area contributed by atoms with Gasteiger partial charge in [0.15, 0.2) is 0 Å². The maximum absolute atomic E-state index is 5.58. The van der Waals surface area contributed by atoms with Gasteiger partial charge in [0.25, 0.3) is 0 Å². The fourth-order valence-corrected chi connectivity index (χ4v) is 2.22. The number of benzene rings is 1. The maximum Gasteiger partial charge on any atom is 0.226 e. The Morgan fingerprint density at radius 1 is 1.33 bits per heavy atom. The topological polar surface area (TPSA) is 52.0 Å². The van der Waals surface area contributed by atoms with E-state index in [-0.39, 0.29) is 0 Å². The Morgan fingerprint density at radius 2 is 2.06 bits per heavy atom. The van der Waals surface area contributed by atoms with E-state index in [1.807, 2.05) is 12.1 Å². The number of aryl methyl sites for hydroxylation is 1. The minimum Gasteiger partial charge on any atom is -0.444 e. The molecular formula is C14H18N2OS. The van der Waals surface area contributed by atoms with Crippen LogP contribution in [0.25, 0.3) is 11.5 Å². The van der Waals surface area contributed by atoms with Gasteiger partial charge in [-0.05, 0) is 19.1 Å². The van der Waals surface area contributed by atoms with Crippen LogP contribution in [0.4, 0.5) is 0 Å². The molecule has 0 spiro atoms. The number of hydrogen-bond donors (Lipinski definition) is 1. The zero-order chi connectivity index (χ0) is 13.0. The summed E-state index contributed by atoms with van der Waals surface area (Å²) >= 11 is 1.79. The summed E-state index contributed by atoms with van der Waals surface area (Å²) < 4.78 is 5.50. The molecule has 2 rings (SSSR count). The molecule has 4 heteroatoms. The lowest BCUT2D eigenvalue weighted by Crippen LogP contribution is -2.12. The highest BCUT2D eigenvalue weighted by Gasteiger charge is 2.08. The predicted molar refractivity (Wildman–Crippen MR) is 76.5 cm³/mol. The number of nitrogens with two attached hydrogens (primary N) is 1. The molecule has 3 nitrogen and oxygen atoms in total. The number of rotatable bonds is 5. The third-order valence-electron chi connectivity index (χ3n) is 2.70. The van der Waals surface area contributed by atoms with Crippen LogP contribution < -0.4 is 5.73 Å². The second-order valence-electron chi connectivity index (χ2n) is 4.37. The standard InChI is InChI=1S/C14H18N2OS/c1-10-3-5-12(6-4-10)14-16-13(8-17-14)9-18-11(2)7-15/h3-6,8,11H,7,9,15H2,1-2H3. The maximum atomic E-state index is 5.58. The molecule has 0 aliphatic heterocycles. The number of oxazole rings is 1. The van der Waals surface area contributed by atoms with Crippen molar-refractivity contribution in [3.8, 4) is 11.5 Å². The summed E-state index contributed by atoms with van der Waals surface area (Å²) in [4.78, 5) is 4.49. The minimum atomic E-state index is 0.449. The van der Waals surface area contributed by atoms with E-state index in [1.54, 1.807) is 18.0 Å². The van der Waals surface area contributed by atoms with Crippen molar-refractivity contribution in [2.24, 2.45) is 5.73 Å². The van der Waals surface area contributed by atoms with E-state index < -0.39 is 0 Å². The predicted octanol–water partition coefficient (Wildman–Crippen LogP) is 3.23. The normalized spacial score (nSPS) is 12.6. The zero-order valence-electron chi connectivity index (χ0n) is 10.7. The Hall–Kier alpha value is -1.26. The van der Waals surface area contributed by atoms with Gasteiger partial charge in [-0.3, -0.25) is 0 Å². The monoisotopic (exact) mass is 262 g/mol. The summed E-state index contributed by atoms with van der Waals surface area (Å²) in [6.45, 7) is 4.87. The molecule has 1 unspecified atom stereocenters. The molecule has 0 aliphatic rings. The van der Waals surface area contributed by atoms with E-state index in [2.05, 4.69) is 31.0 Å². The van der Waals surface area contributed by atoms with Crippen LogP contribution in [0.2, 0.25) is 0 Å². The largest absolute Gasteiger partial charge is 0.444 e. The van der Waals surface area contributed by atoms with Crippen LogP contribution in [0, 0.1) is 6.92 Å². The Kier molecular flexibility index (Phi) is 4.44. The van der Waals surface area contributed by atoms with Crippen molar-refractivity contribution in [2.75, 3.05) is 6.54 Å². The SMILES string of the molecule is Cc1ccc(-c2nc(CSC(C)CN)co2)cc1. The smallest absolute Gasteiger partial charge is 0.226 e. The van der Waals surface area contributed by atoms with E-state index in [1.165, 1.54) is 5.56 Å². The van der Waals surface area contributed by atoms with Gasteiger partial charge in [0, 0.05) is 23.1 Å². The second kappa shape index (κ2) is 6.07. The summed E-state index contributed by atoms with van der Waals surface area (Å²) in [5.41, 5.74) is 8.80. The first-order valence-electron chi connectivity index (χ1n) is 6.02. The van der Waals surface area contributed by atoms with Gasteiger partial charge in [0.1, 0.15) is 6.26 Å². The average molecular weight is 262 g/mol. The van der Waals surface area contributed by atoms with Crippen LogP contribution in [-0.4, -0.2) is 16.8 Å². The lowest BCUT2D eigenvalue weighted by Gasteiger charge is -2.04. The summed E-state index contributed by atoms with van der Waals surface area (Å²) in [7, 11) is 0. The van der Waals surface area contributed by atoms with Gasteiger partial charge < -0.3 is 10.2 Å². The van der Waals surface area contributed by atoms with Gasteiger partial charge in [0.05, 0.1) is 5.69 Å². The van der Waals surface area contributed by atoms with Crippen molar-refractivity contribution in [2.45, 2.75) is 24.9 Å². The van der Waals surface area contributed by atoms with E-state index in [4.69, 9.17) is 10.2 Å². The van der Waals surface area contributed by atoms with Crippen LogP contribution in [0.1, 0.15) is 18.2 Å². The zero-order valence-corrected chi connectivity index (χ0v) is 11.5. The lowest BCUT2D eigenvalue weighted by molar-refractivity contribution is 0.573. The first-order chi connectivity index (χ1) is 8.69. The number of aromatic nitrogens is 1. The summed E-state index contributed by atoms with van der Waals surface area (Å²) in [5.74, 6) is 1.53. The second-order valence-corrected chi connectivity index (χ2v) is 5.79. The molecule has 2 aromatic rings. The van der Waals surface area contributed by atoms with Crippen molar-refractivity contribution in [3.63, 3.8) is 0 Å². The molecule has 18 heavy (non-hydrogen) atoms. The molecule has 1 heterocycles. The van der Waals surface area contributed by atoms with Gasteiger partial charge in [-0.1, -0.05) is 24.6 Å². The molecule has 1 aromatic carbocycles. The quantitative estimate of drug-likeness (QED) is 0.898. The molecule has 0 radical (unpaired) electrons. The third kappa shape index (κ3) is 3.37. The highest BCUT2D eigenvalue weighted by atomic mass is 32.2. The fraction of sp³-hybridized carbons (Fsp3) is 0.357. The number of hydrogen-bond acceptors (Lipinski definition) is 4. The summed E-state index contributed by atoms with van der Waals surface area (Å²) in [6, 6.07) is 8.18. The Balaban J connectivity index is 2.03. The van der Waals surface area contributed by atoms with Crippen LogP contribution >= 0.6 is 11.8 Å². The number of thioether (sulfide) groups is 1. The van der Waals surface area contributed by atoms with E-state index in [9.17, 15) is 0 Å². The molecule has 0 saturated heterocycles. The molecule has 2 N–H and O–H groups in total. The molecule has 1 aromatic heterocycles. The van der Waals surface area contributed by atoms with Crippen molar-refractivity contribution < 1.29 is 4.42 Å². The fourth-order valence-electron chi connectivity index (χ4n) is 1.50. The highest BCUT2D eigenvalue weighted by Crippen LogP contribution is 2.22. The average Bonchev–Trinajstić information content (AvgIpc) is 2.85. The van der Waals surface area contributed by atoms with Gasteiger partial charge in [-0.2, -0.15) is 11.8 Å². The number of nitrogens with zero attached hydrogens (tertiary/aromatic N) is 1. The van der Waals surface area contributed by atoms with Crippen LogP contribution in [0.15, 0.2) is 34.9 Å². The van der Waals surface area contributed by atoms with Crippen molar-refractivity contribution >= 4 is 11.8 Å². The third-order valence-corrected chi connectivity index (χ3v) is 3.92. The first-order valence-corrected chi connectivity index (χ1v) is 7.07. The van der Waals surface area contributed by atoms with Crippen LogP contribution in [0.5, 0.6) is 0 Å². The Bertz CT molecular complexity index is 493. The van der Waals surface area contributed by atoms with Gasteiger partial charge >= 0.3 is 0 Å². The Labute approximate surface area is 112 Å². The van der Waals surface area contributed by atoms with E-state index >= 15 is 0 Å². The first kappa shape index (κ1) is 13.2. The van der Waals surface area contributed by atoms with Crippen LogP contribution in [0.3, 0.4) is 0 Å². The molecule has 0 saturated carbocycles. The van der Waals surface area contributed by atoms with E-state index in [0.29, 0.717) is 17.7 Å². The van der Waals surface area contributed by atoms with Crippen molar-refractivity contribution in [1.82, 2.24) is 4.98 Å². The minimum absolute atomic E-state index is 0.449. The molecule has 0 bridgehead atoms. The van der Waals surface area contributed by atoms with Gasteiger partial charge in [-0.15, -0.1) is 0 Å². The van der Waals surface area contributed by atoms with E-state index in [0.717, 1.165) is 17.0 Å². The van der Waals surface area contributed by atoms with Crippen molar-refractivity contribution in [1.29, 1.82) is 0 Å². The summed E-state index contributed by atoms with van der Waals surface area (Å²) in [6.07, 6.45) is 1.73. The lowest BCUT2D eigenvalue weighted by atomic mass is 10.1. The molecular weight excluding hydrogens is 244 g/mol. The van der Waals surface area contributed by atoms with Crippen LogP contribution in [-0.2, 0) is 5.75 Å². The van der Waals surface area contributed by atoms with Gasteiger partial charge in [0.2, 0.25) is 5.89 Å². The van der Waals surface area contributed by atoms with Crippen molar-refractivity contribution in [3.05, 3.63) is 41.8 Å². The molecule has 96 valence electrons. The highest BCUT2D eigenvalue weighted by molar-refractivity contribution is 7.99. The molecule has 1 atom stereocenters. The molecule has 0 amide bonds. The van der Waals surface area contributed by atoms with Gasteiger partial charge in [-0.25, -0.2) is 4.98 Å². The summed E-state index contributed by atoms with van der Waals surface area (Å²) in [5, 5.41) is 0.449.